The molecule has 0 aliphatic carbocycles. The molecule has 0 rings (SSSR count). The molecule has 0 spiro atoms. The lowest BCUT2D eigenvalue weighted by Crippen LogP contribution is -1.92. The van der Waals surface area contributed by atoms with Gasteiger partial charge in [0.1, 0.15) is 0 Å². The minimum atomic E-state index is -0.327. The number of hydrogen-bond donors (Lipinski definition) is 1. The Morgan fingerprint density at radius 3 is 2.88 bits per heavy atom. The van der Waals surface area contributed by atoms with Crippen LogP contribution in [-0.2, 0) is 8.98 Å². The van der Waals surface area contributed by atoms with Gasteiger partial charge in [-0.1, -0.05) is 12.2 Å². The van der Waals surface area contributed by atoms with Gasteiger partial charge < -0.3 is 4.18 Å². The number of rotatable bonds is 2. The molecule has 2 nitrogen and oxygen atoms in total. The summed E-state index contributed by atoms with van der Waals surface area (Å²) >= 11 is 3.30. The third-order valence-corrected chi connectivity index (χ3v) is 0.826. The van der Waals surface area contributed by atoms with E-state index in [2.05, 4.69) is 17.1 Å². The third kappa shape index (κ3) is 3.74. The largest absolute Gasteiger partial charge is 0.394 e. The van der Waals surface area contributed by atoms with Crippen LogP contribution in [0.3, 0.4) is 0 Å². The molecular formula is C5H8O2S. The van der Waals surface area contributed by atoms with Crippen molar-refractivity contribution in [1.82, 2.24) is 0 Å². The van der Waals surface area contributed by atoms with E-state index in [0.717, 1.165) is 0 Å². The average Bonchev–Trinajstić information content (AvgIpc) is 1.83. The van der Waals surface area contributed by atoms with Gasteiger partial charge in [0, 0.05) is 12.9 Å². The molecule has 0 fully saturated rings. The van der Waals surface area contributed by atoms with E-state index in [0.29, 0.717) is 6.42 Å². The first-order chi connectivity index (χ1) is 3.81. The van der Waals surface area contributed by atoms with Crippen LogP contribution in [-0.4, -0.2) is 5.97 Å². The summed E-state index contributed by atoms with van der Waals surface area (Å²) in [7, 11) is 0. The zero-order valence-corrected chi connectivity index (χ0v) is 5.52. The van der Waals surface area contributed by atoms with Gasteiger partial charge in [-0.2, -0.15) is 0 Å². The molecular weight excluding hydrogens is 124 g/mol. The summed E-state index contributed by atoms with van der Waals surface area (Å²) in [4.78, 5) is 10.2. The molecule has 0 atom stereocenters. The van der Waals surface area contributed by atoms with Crippen LogP contribution in [0.25, 0.3) is 0 Å². The summed E-state index contributed by atoms with van der Waals surface area (Å²) < 4.78 is 4.06. The van der Waals surface area contributed by atoms with E-state index >= 15 is 0 Å². The maximum Gasteiger partial charge on any atom is 0.321 e. The number of carbonyl (C=O) groups excluding carboxylic acids is 1. The second-order valence-corrected chi connectivity index (χ2v) is 1.42. The number of thiol groups is 1. The Balaban J connectivity index is 3.25. The molecule has 0 unspecified atom stereocenters. The normalized spacial score (nSPS) is 9.75. The van der Waals surface area contributed by atoms with Gasteiger partial charge in [-0.05, 0) is 6.92 Å². The molecule has 0 saturated heterocycles. The van der Waals surface area contributed by atoms with Crippen molar-refractivity contribution in [1.29, 1.82) is 0 Å². The maximum absolute atomic E-state index is 10.2. The van der Waals surface area contributed by atoms with E-state index < -0.39 is 0 Å². The van der Waals surface area contributed by atoms with Crippen molar-refractivity contribution in [2.45, 2.75) is 13.3 Å². The zero-order chi connectivity index (χ0) is 6.41. The molecule has 0 aromatic heterocycles. The van der Waals surface area contributed by atoms with Crippen molar-refractivity contribution in [2.75, 3.05) is 0 Å². The quantitative estimate of drug-likeness (QED) is 0.348. The first-order valence-corrected chi connectivity index (χ1v) is 2.63. The fourth-order valence-corrected chi connectivity index (χ4v) is 0.326. The van der Waals surface area contributed by atoms with Crippen molar-refractivity contribution in [3.05, 3.63) is 12.2 Å². The Kier molecular flexibility index (Phi) is 4.45. The van der Waals surface area contributed by atoms with Crippen LogP contribution in [0.1, 0.15) is 13.3 Å². The van der Waals surface area contributed by atoms with Crippen molar-refractivity contribution in [3.63, 3.8) is 0 Å². The second-order valence-electron chi connectivity index (χ2n) is 1.24. The molecule has 0 aliphatic rings. The molecule has 0 N–H and O–H groups in total. The number of hydrogen-bond acceptors (Lipinski definition) is 3. The van der Waals surface area contributed by atoms with Crippen molar-refractivity contribution < 1.29 is 8.98 Å². The standard InChI is InChI=1S/C5H8O2S/c1-2-3-4-5(6)7-8/h2-3,8H,4H2,1H3/b3-2+. The van der Waals surface area contributed by atoms with Gasteiger partial charge in [-0.15, -0.1) is 0 Å². The van der Waals surface area contributed by atoms with Gasteiger partial charge in [0.25, 0.3) is 0 Å². The summed E-state index contributed by atoms with van der Waals surface area (Å²) in [6.07, 6.45) is 3.79. The summed E-state index contributed by atoms with van der Waals surface area (Å²) in [5.74, 6) is -0.327. The highest BCUT2D eigenvalue weighted by atomic mass is 32.1. The van der Waals surface area contributed by atoms with Crippen LogP contribution < -0.4 is 0 Å². The SMILES string of the molecule is C/C=C/CC(=O)OS. The summed E-state index contributed by atoms with van der Waals surface area (Å²) in [5, 5.41) is 0. The highest BCUT2D eigenvalue weighted by molar-refractivity contribution is 7.75. The molecule has 0 bridgehead atoms. The van der Waals surface area contributed by atoms with E-state index in [1.165, 1.54) is 0 Å². The fraction of sp³-hybridized carbons (Fsp3) is 0.400. The van der Waals surface area contributed by atoms with Gasteiger partial charge in [-0.25, -0.2) is 0 Å². The Hall–Kier alpha value is -0.440. The van der Waals surface area contributed by atoms with Gasteiger partial charge in [0.2, 0.25) is 0 Å². The molecule has 0 aromatic carbocycles. The highest BCUT2D eigenvalue weighted by Gasteiger charge is 1.92. The Bertz CT molecular complexity index is 98.6. The fourth-order valence-electron chi connectivity index (χ4n) is 0.251. The van der Waals surface area contributed by atoms with Crippen molar-refractivity contribution >= 4 is 18.9 Å². The average molecular weight is 132 g/mol. The lowest BCUT2D eigenvalue weighted by atomic mass is 10.4. The Morgan fingerprint density at radius 1 is 1.88 bits per heavy atom. The first kappa shape index (κ1) is 7.56. The van der Waals surface area contributed by atoms with Gasteiger partial charge in [-0.3, -0.25) is 4.79 Å². The molecule has 3 heteroatoms. The molecule has 0 heterocycles. The van der Waals surface area contributed by atoms with Crippen LogP contribution in [0.4, 0.5) is 0 Å². The first-order valence-electron chi connectivity index (χ1n) is 2.26. The van der Waals surface area contributed by atoms with E-state index in [-0.39, 0.29) is 5.97 Å². The monoisotopic (exact) mass is 132 g/mol. The van der Waals surface area contributed by atoms with Crippen LogP contribution in [0, 0.1) is 0 Å². The molecule has 8 heavy (non-hydrogen) atoms. The summed E-state index contributed by atoms with van der Waals surface area (Å²) in [5.41, 5.74) is 0. The van der Waals surface area contributed by atoms with Crippen molar-refractivity contribution in [3.8, 4) is 0 Å². The lowest BCUT2D eigenvalue weighted by molar-refractivity contribution is -0.131. The Labute approximate surface area is 54.1 Å². The van der Waals surface area contributed by atoms with E-state index in [1.54, 1.807) is 12.2 Å². The minimum Gasteiger partial charge on any atom is -0.394 e. The summed E-state index contributed by atoms with van der Waals surface area (Å²) in [6.45, 7) is 1.84. The van der Waals surface area contributed by atoms with E-state index in [4.69, 9.17) is 0 Å². The number of allylic oxidation sites excluding steroid dienone is 1. The number of carbonyl (C=O) groups is 1. The molecule has 0 aromatic rings. The molecule has 0 amide bonds. The van der Waals surface area contributed by atoms with Gasteiger partial charge in [0.15, 0.2) is 0 Å². The van der Waals surface area contributed by atoms with Crippen LogP contribution >= 0.6 is 12.9 Å². The molecule has 46 valence electrons. The lowest BCUT2D eigenvalue weighted by Gasteiger charge is -1.87. The van der Waals surface area contributed by atoms with Crippen LogP contribution in [0.15, 0.2) is 12.2 Å². The van der Waals surface area contributed by atoms with Gasteiger partial charge >= 0.3 is 5.97 Å². The third-order valence-electron chi connectivity index (χ3n) is 0.622. The molecule has 0 aliphatic heterocycles. The summed E-state index contributed by atoms with van der Waals surface area (Å²) in [6, 6.07) is 0. The van der Waals surface area contributed by atoms with Gasteiger partial charge in [0.05, 0.1) is 6.42 Å². The minimum absolute atomic E-state index is 0.306. The smallest absolute Gasteiger partial charge is 0.321 e. The predicted molar refractivity (Wildman–Crippen MR) is 34.5 cm³/mol. The molecule has 0 radical (unpaired) electrons. The van der Waals surface area contributed by atoms with E-state index in [1.807, 2.05) is 6.92 Å². The van der Waals surface area contributed by atoms with Crippen molar-refractivity contribution in [2.24, 2.45) is 0 Å². The van der Waals surface area contributed by atoms with E-state index in [9.17, 15) is 4.79 Å². The topological polar surface area (TPSA) is 26.3 Å². The maximum atomic E-state index is 10.2. The highest BCUT2D eigenvalue weighted by Crippen LogP contribution is 1.89. The zero-order valence-electron chi connectivity index (χ0n) is 4.63. The predicted octanol–water partition coefficient (Wildman–Crippen LogP) is 1.34. The van der Waals surface area contributed by atoms with Crippen LogP contribution in [0.2, 0.25) is 0 Å². The van der Waals surface area contributed by atoms with Crippen LogP contribution in [0.5, 0.6) is 0 Å². The molecule has 0 saturated carbocycles. The Morgan fingerprint density at radius 2 is 2.50 bits per heavy atom. The second kappa shape index (κ2) is 4.71.